The van der Waals surface area contributed by atoms with Gasteiger partial charge in [0.1, 0.15) is 0 Å². The normalized spacial score (nSPS) is 13.4. The fraction of sp³-hybridized carbons (Fsp3) is 0.0741. The molecular weight excluding hydrogens is 677 g/mol. The number of aromatic amines is 1. The van der Waals surface area contributed by atoms with Gasteiger partial charge in [-0.15, -0.1) is 0 Å². The van der Waals surface area contributed by atoms with Crippen LogP contribution in [0.4, 0.5) is 0 Å². The van der Waals surface area contributed by atoms with Crippen LogP contribution < -0.4 is 0 Å². The van der Waals surface area contributed by atoms with Gasteiger partial charge in [0, 0.05) is 56.2 Å². The van der Waals surface area contributed by atoms with E-state index in [2.05, 4.69) is 200 Å². The molecule has 12 rings (SSSR count). The first kappa shape index (κ1) is 31.5. The number of para-hydroxylation sites is 4. The zero-order chi connectivity index (χ0) is 37.3. The Morgan fingerprint density at radius 3 is 1.79 bits per heavy atom. The minimum absolute atomic E-state index is 0.0544. The van der Waals surface area contributed by atoms with Crippen molar-refractivity contribution in [2.24, 2.45) is 7.05 Å². The van der Waals surface area contributed by atoms with E-state index in [4.69, 9.17) is 0 Å². The molecule has 1 aliphatic carbocycles. The molecule has 56 heavy (non-hydrogen) atoms. The lowest BCUT2D eigenvalue weighted by Crippen LogP contribution is -2.14. The average Bonchev–Trinajstić information content (AvgIpc) is 3.84. The molecule has 0 fully saturated rings. The van der Waals surface area contributed by atoms with E-state index in [9.17, 15) is 0 Å². The smallest absolute Gasteiger partial charge is 0.0568 e. The van der Waals surface area contributed by atoms with E-state index >= 15 is 0 Å². The van der Waals surface area contributed by atoms with E-state index in [-0.39, 0.29) is 5.41 Å². The minimum atomic E-state index is -0.0544. The fourth-order valence-electron chi connectivity index (χ4n) is 10.4. The third kappa shape index (κ3) is 4.16. The lowest BCUT2D eigenvalue weighted by atomic mass is 9.81. The van der Waals surface area contributed by atoms with Crippen molar-refractivity contribution in [3.05, 3.63) is 181 Å². The van der Waals surface area contributed by atoms with Gasteiger partial charge in [-0.05, 0) is 90.3 Å². The molecule has 2 heterocycles. The molecular formula is C54H38N2. The molecule has 0 aliphatic heterocycles. The standard InChI is InChI=1S/C54H38N2/c1-54(2)47-25-7-4-14-35(47)46-30-32(28-29-48(46)54)51-38-19-10-17-33(40-21-12-22-41-36-15-5-8-26-49(36)55-52(40)41)44(38)31-45-34(18-11-20-39(45)51)42-23-13-24-43-37-16-6-9-27-50(37)56(3)53(42)43/h4-31,55H,1-3H3. The van der Waals surface area contributed by atoms with Gasteiger partial charge in [0.05, 0.1) is 11.0 Å². The van der Waals surface area contributed by atoms with Gasteiger partial charge < -0.3 is 9.55 Å². The summed E-state index contributed by atoms with van der Waals surface area (Å²) in [7, 11) is 2.21. The van der Waals surface area contributed by atoms with Gasteiger partial charge in [-0.3, -0.25) is 0 Å². The predicted octanol–water partition coefficient (Wildman–Crippen LogP) is 14.6. The van der Waals surface area contributed by atoms with Crippen LogP contribution in [-0.2, 0) is 12.5 Å². The molecule has 0 amide bonds. The maximum absolute atomic E-state index is 3.81. The Balaban J connectivity index is 1.21. The zero-order valence-corrected chi connectivity index (χ0v) is 31.6. The number of hydrogen-bond donors (Lipinski definition) is 1. The van der Waals surface area contributed by atoms with Crippen LogP contribution in [0.2, 0.25) is 0 Å². The predicted molar refractivity (Wildman–Crippen MR) is 239 cm³/mol. The Morgan fingerprint density at radius 1 is 0.411 bits per heavy atom. The number of aromatic nitrogens is 2. The maximum atomic E-state index is 3.81. The van der Waals surface area contributed by atoms with Crippen LogP contribution in [0.1, 0.15) is 25.0 Å². The highest BCUT2D eigenvalue weighted by molar-refractivity contribution is 6.23. The fourth-order valence-corrected chi connectivity index (χ4v) is 10.4. The first-order chi connectivity index (χ1) is 27.5. The summed E-state index contributed by atoms with van der Waals surface area (Å²) in [6, 6.07) is 63.5. The van der Waals surface area contributed by atoms with Crippen LogP contribution in [0.3, 0.4) is 0 Å². The second-order valence-corrected chi connectivity index (χ2v) is 16.2. The summed E-state index contributed by atoms with van der Waals surface area (Å²) >= 11 is 0. The highest BCUT2D eigenvalue weighted by atomic mass is 14.9. The van der Waals surface area contributed by atoms with Gasteiger partial charge in [0.2, 0.25) is 0 Å². The molecule has 11 aromatic rings. The average molecular weight is 715 g/mol. The SMILES string of the molecule is Cn1c2ccccc2c2cccc(-c3cccc4c(-c5ccc6c(c5)-c5ccccc5C6(C)C)c5cccc(-c6cccc7c6[nH]c6ccccc67)c5cc34)c21. The molecule has 9 aromatic carbocycles. The quantitative estimate of drug-likeness (QED) is 0.176. The Morgan fingerprint density at radius 2 is 0.982 bits per heavy atom. The number of fused-ring (bicyclic) bond motifs is 11. The molecule has 0 spiro atoms. The first-order valence-electron chi connectivity index (χ1n) is 19.7. The number of rotatable bonds is 3. The van der Waals surface area contributed by atoms with Gasteiger partial charge in [0.25, 0.3) is 0 Å². The Kier molecular flexibility index (Phi) is 6.36. The monoisotopic (exact) mass is 714 g/mol. The molecule has 0 atom stereocenters. The molecule has 2 heteroatoms. The molecule has 2 aromatic heterocycles. The van der Waals surface area contributed by atoms with E-state index in [1.807, 2.05) is 0 Å². The zero-order valence-electron chi connectivity index (χ0n) is 31.6. The topological polar surface area (TPSA) is 20.7 Å². The van der Waals surface area contributed by atoms with Crippen molar-refractivity contribution in [1.29, 1.82) is 0 Å². The minimum Gasteiger partial charge on any atom is -0.354 e. The lowest BCUT2D eigenvalue weighted by molar-refractivity contribution is 0.660. The summed E-state index contributed by atoms with van der Waals surface area (Å²) in [4.78, 5) is 3.81. The number of aryl methyl sites for hydroxylation is 1. The van der Waals surface area contributed by atoms with Crippen molar-refractivity contribution in [2.45, 2.75) is 19.3 Å². The Hall–Kier alpha value is -6.90. The second-order valence-electron chi connectivity index (χ2n) is 16.2. The van der Waals surface area contributed by atoms with Crippen LogP contribution in [0.5, 0.6) is 0 Å². The Bertz CT molecular complexity index is 3460. The van der Waals surface area contributed by atoms with Gasteiger partial charge in [-0.2, -0.15) is 0 Å². The molecule has 0 radical (unpaired) electrons. The summed E-state index contributed by atoms with van der Waals surface area (Å²) < 4.78 is 2.38. The molecule has 264 valence electrons. The van der Waals surface area contributed by atoms with Gasteiger partial charge >= 0.3 is 0 Å². The van der Waals surface area contributed by atoms with Crippen molar-refractivity contribution in [3.63, 3.8) is 0 Å². The number of nitrogens with zero attached hydrogens (tertiary/aromatic N) is 1. The Labute approximate surface area is 325 Å². The molecule has 0 saturated carbocycles. The number of hydrogen-bond acceptors (Lipinski definition) is 0. The van der Waals surface area contributed by atoms with Crippen molar-refractivity contribution in [2.75, 3.05) is 0 Å². The van der Waals surface area contributed by atoms with Crippen LogP contribution in [-0.4, -0.2) is 9.55 Å². The van der Waals surface area contributed by atoms with Crippen LogP contribution >= 0.6 is 0 Å². The summed E-state index contributed by atoms with van der Waals surface area (Å²) in [5.74, 6) is 0. The van der Waals surface area contributed by atoms with Crippen molar-refractivity contribution in [1.82, 2.24) is 9.55 Å². The maximum Gasteiger partial charge on any atom is 0.0568 e. The van der Waals surface area contributed by atoms with E-state index in [1.54, 1.807) is 0 Å². The number of nitrogens with one attached hydrogen (secondary N) is 1. The molecule has 0 unspecified atom stereocenters. The lowest BCUT2D eigenvalue weighted by Gasteiger charge is -2.22. The first-order valence-corrected chi connectivity index (χ1v) is 19.7. The van der Waals surface area contributed by atoms with E-state index in [0.29, 0.717) is 0 Å². The summed E-state index contributed by atoms with van der Waals surface area (Å²) in [5.41, 5.74) is 17.7. The van der Waals surface area contributed by atoms with Gasteiger partial charge in [-0.1, -0.05) is 159 Å². The largest absolute Gasteiger partial charge is 0.354 e. The number of H-pyrrole nitrogens is 1. The van der Waals surface area contributed by atoms with E-state index in [0.717, 1.165) is 5.52 Å². The van der Waals surface area contributed by atoms with Gasteiger partial charge in [-0.25, -0.2) is 0 Å². The summed E-state index contributed by atoms with van der Waals surface area (Å²) in [5, 5.41) is 10.1. The van der Waals surface area contributed by atoms with E-state index < -0.39 is 0 Å². The third-order valence-electron chi connectivity index (χ3n) is 13.0. The van der Waals surface area contributed by atoms with Crippen molar-refractivity contribution < 1.29 is 0 Å². The van der Waals surface area contributed by atoms with Crippen molar-refractivity contribution in [3.8, 4) is 44.5 Å². The highest BCUT2D eigenvalue weighted by Crippen LogP contribution is 2.51. The number of benzene rings is 9. The molecule has 2 nitrogen and oxygen atoms in total. The summed E-state index contributed by atoms with van der Waals surface area (Å²) in [6.45, 7) is 4.73. The van der Waals surface area contributed by atoms with Crippen LogP contribution in [0, 0.1) is 0 Å². The van der Waals surface area contributed by atoms with Crippen molar-refractivity contribution >= 4 is 65.2 Å². The molecule has 0 saturated heterocycles. The molecule has 1 aliphatic rings. The third-order valence-corrected chi connectivity index (χ3v) is 13.0. The van der Waals surface area contributed by atoms with Crippen LogP contribution in [0.15, 0.2) is 170 Å². The molecule has 1 N–H and O–H groups in total. The van der Waals surface area contributed by atoms with Gasteiger partial charge in [0.15, 0.2) is 0 Å². The molecule has 0 bridgehead atoms. The van der Waals surface area contributed by atoms with E-state index in [1.165, 1.54) is 115 Å². The second kappa shape index (κ2) is 11.3. The summed E-state index contributed by atoms with van der Waals surface area (Å²) in [6.07, 6.45) is 0. The highest BCUT2D eigenvalue weighted by Gasteiger charge is 2.35. The van der Waals surface area contributed by atoms with Crippen LogP contribution in [0.25, 0.3) is 110 Å².